The summed E-state index contributed by atoms with van der Waals surface area (Å²) in [6, 6.07) is 2.59. The highest BCUT2D eigenvalue weighted by Gasteiger charge is 2.16. The molecule has 0 saturated heterocycles. The van der Waals surface area contributed by atoms with Gasteiger partial charge in [-0.3, -0.25) is 0 Å². The first kappa shape index (κ1) is 14.1. The van der Waals surface area contributed by atoms with Crippen molar-refractivity contribution in [3.63, 3.8) is 0 Å². The number of hydrogen-bond acceptors (Lipinski definition) is 4. The highest BCUT2D eigenvalue weighted by Crippen LogP contribution is 2.21. The first-order valence-electron chi connectivity index (χ1n) is 7.68. The molecule has 0 bridgehead atoms. The third-order valence-corrected chi connectivity index (χ3v) is 3.64. The van der Waals surface area contributed by atoms with Crippen LogP contribution in [0, 0.1) is 0 Å². The third kappa shape index (κ3) is 4.08. The molecule has 4 heteroatoms. The van der Waals surface area contributed by atoms with E-state index in [1.807, 2.05) is 12.3 Å². The van der Waals surface area contributed by atoms with Crippen LogP contribution in [0.2, 0.25) is 0 Å². The normalized spacial score (nSPS) is 15.7. The lowest BCUT2D eigenvalue weighted by Gasteiger charge is -2.23. The Balaban J connectivity index is 2.03. The minimum Gasteiger partial charge on any atom is -0.356 e. The van der Waals surface area contributed by atoms with Crippen molar-refractivity contribution in [3.05, 3.63) is 12.3 Å². The van der Waals surface area contributed by atoms with Crippen LogP contribution < -0.4 is 10.2 Å². The molecule has 0 radical (unpaired) electrons. The van der Waals surface area contributed by atoms with E-state index in [-0.39, 0.29) is 0 Å². The Hall–Kier alpha value is -1.32. The van der Waals surface area contributed by atoms with Crippen molar-refractivity contribution < 1.29 is 0 Å². The molecule has 1 fully saturated rings. The average molecular weight is 262 g/mol. The summed E-state index contributed by atoms with van der Waals surface area (Å²) in [7, 11) is 0. The van der Waals surface area contributed by atoms with E-state index >= 15 is 0 Å². The SMILES string of the molecule is CCCN(CCC)c1ccnc(NC2CCCC2)n1. The average Bonchev–Trinajstić information content (AvgIpc) is 2.92. The van der Waals surface area contributed by atoms with Gasteiger partial charge >= 0.3 is 0 Å². The van der Waals surface area contributed by atoms with Crippen molar-refractivity contribution in [2.24, 2.45) is 0 Å². The van der Waals surface area contributed by atoms with Crippen molar-refractivity contribution in [2.75, 3.05) is 23.3 Å². The van der Waals surface area contributed by atoms with Crippen LogP contribution in [-0.4, -0.2) is 29.1 Å². The highest BCUT2D eigenvalue weighted by atomic mass is 15.2. The van der Waals surface area contributed by atoms with E-state index in [4.69, 9.17) is 0 Å². The zero-order chi connectivity index (χ0) is 13.5. The summed E-state index contributed by atoms with van der Waals surface area (Å²) >= 11 is 0. The van der Waals surface area contributed by atoms with Gasteiger partial charge in [0.1, 0.15) is 5.82 Å². The fourth-order valence-corrected chi connectivity index (χ4v) is 2.73. The summed E-state index contributed by atoms with van der Waals surface area (Å²) in [5.74, 6) is 1.85. The van der Waals surface area contributed by atoms with E-state index in [0.29, 0.717) is 6.04 Å². The largest absolute Gasteiger partial charge is 0.356 e. The van der Waals surface area contributed by atoms with Gasteiger partial charge in [-0.2, -0.15) is 4.98 Å². The van der Waals surface area contributed by atoms with Gasteiger partial charge < -0.3 is 10.2 Å². The lowest BCUT2D eigenvalue weighted by atomic mass is 10.2. The first-order valence-corrected chi connectivity index (χ1v) is 7.68. The molecule has 0 atom stereocenters. The highest BCUT2D eigenvalue weighted by molar-refractivity contribution is 5.42. The minimum absolute atomic E-state index is 0.570. The Kier molecular flexibility index (Phi) is 5.43. The van der Waals surface area contributed by atoms with Crippen LogP contribution in [0.4, 0.5) is 11.8 Å². The summed E-state index contributed by atoms with van der Waals surface area (Å²) in [5.41, 5.74) is 0. The fraction of sp³-hybridized carbons (Fsp3) is 0.733. The smallest absolute Gasteiger partial charge is 0.224 e. The number of rotatable bonds is 7. The van der Waals surface area contributed by atoms with E-state index in [9.17, 15) is 0 Å². The van der Waals surface area contributed by atoms with Gasteiger partial charge in [-0.25, -0.2) is 4.98 Å². The van der Waals surface area contributed by atoms with Gasteiger partial charge in [0.15, 0.2) is 0 Å². The monoisotopic (exact) mass is 262 g/mol. The molecule has 4 nitrogen and oxygen atoms in total. The maximum absolute atomic E-state index is 4.68. The Morgan fingerprint density at radius 2 is 1.89 bits per heavy atom. The van der Waals surface area contributed by atoms with Crippen molar-refractivity contribution in [2.45, 2.75) is 58.4 Å². The van der Waals surface area contributed by atoms with E-state index < -0.39 is 0 Å². The number of aromatic nitrogens is 2. The van der Waals surface area contributed by atoms with Gasteiger partial charge in [0.2, 0.25) is 5.95 Å². The van der Waals surface area contributed by atoms with Gasteiger partial charge in [0, 0.05) is 25.3 Å². The third-order valence-electron chi connectivity index (χ3n) is 3.64. The standard InChI is InChI=1S/C15H26N4/c1-3-11-19(12-4-2)14-9-10-16-15(18-14)17-13-7-5-6-8-13/h9-10,13H,3-8,11-12H2,1-2H3,(H,16,17,18). The molecule has 2 rings (SSSR count). The van der Waals surface area contributed by atoms with Gasteiger partial charge in [-0.1, -0.05) is 26.7 Å². The Labute approximate surface area is 116 Å². The molecule has 0 amide bonds. The maximum atomic E-state index is 4.68. The first-order chi connectivity index (χ1) is 9.33. The zero-order valence-electron chi connectivity index (χ0n) is 12.2. The molecular formula is C15H26N4. The molecule has 1 aromatic heterocycles. The molecule has 1 N–H and O–H groups in total. The predicted molar refractivity (Wildman–Crippen MR) is 80.7 cm³/mol. The number of anilines is 2. The summed E-state index contributed by atoms with van der Waals surface area (Å²) in [5, 5.41) is 3.47. The zero-order valence-corrected chi connectivity index (χ0v) is 12.2. The summed E-state index contributed by atoms with van der Waals surface area (Å²) in [4.78, 5) is 11.4. The second kappa shape index (κ2) is 7.31. The van der Waals surface area contributed by atoms with E-state index in [2.05, 4.69) is 34.0 Å². The van der Waals surface area contributed by atoms with Crippen LogP contribution in [-0.2, 0) is 0 Å². The molecule has 1 aliphatic carbocycles. The topological polar surface area (TPSA) is 41.1 Å². The molecule has 0 spiro atoms. The Morgan fingerprint density at radius 1 is 1.21 bits per heavy atom. The molecular weight excluding hydrogens is 236 g/mol. The van der Waals surface area contributed by atoms with Crippen molar-refractivity contribution in [1.29, 1.82) is 0 Å². The van der Waals surface area contributed by atoms with Gasteiger partial charge in [0.25, 0.3) is 0 Å². The molecule has 106 valence electrons. The quantitative estimate of drug-likeness (QED) is 0.817. The van der Waals surface area contributed by atoms with Crippen LogP contribution in [0.5, 0.6) is 0 Å². The van der Waals surface area contributed by atoms with Gasteiger partial charge in [0.05, 0.1) is 0 Å². The molecule has 1 aliphatic rings. The number of nitrogens with zero attached hydrogens (tertiary/aromatic N) is 3. The van der Waals surface area contributed by atoms with Crippen LogP contribution >= 0.6 is 0 Å². The maximum Gasteiger partial charge on any atom is 0.224 e. The Bertz CT molecular complexity index is 368. The fourth-order valence-electron chi connectivity index (χ4n) is 2.73. The Morgan fingerprint density at radius 3 is 2.53 bits per heavy atom. The molecule has 0 aromatic carbocycles. The van der Waals surface area contributed by atoms with Crippen molar-refractivity contribution in [1.82, 2.24) is 9.97 Å². The second-order valence-electron chi connectivity index (χ2n) is 5.35. The van der Waals surface area contributed by atoms with Crippen LogP contribution in [0.15, 0.2) is 12.3 Å². The number of hydrogen-bond donors (Lipinski definition) is 1. The van der Waals surface area contributed by atoms with Crippen molar-refractivity contribution in [3.8, 4) is 0 Å². The molecule has 19 heavy (non-hydrogen) atoms. The van der Waals surface area contributed by atoms with Crippen LogP contribution in [0.1, 0.15) is 52.4 Å². The summed E-state index contributed by atoms with van der Waals surface area (Å²) < 4.78 is 0. The van der Waals surface area contributed by atoms with Gasteiger partial charge in [-0.05, 0) is 31.7 Å². The minimum atomic E-state index is 0.570. The number of nitrogens with one attached hydrogen (secondary N) is 1. The van der Waals surface area contributed by atoms with Crippen LogP contribution in [0.3, 0.4) is 0 Å². The molecule has 1 heterocycles. The summed E-state index contributed by atoms with van der Waals surface area (Å²) in [6.07, 6.45) is 9.33. The van der Waals surface area contributed by atoms with E-state index in [1.54, 1.807) is 0 Å². The van der Waals surface area contributed by atoms with Crippen LogP contribution in [0.25, 0.3) is 0 Å². The molecule has 1 aromatic rings. The predicted octanol–water partition coefficient (Wildman–Crippen LogP) is 3.46. The lowest BCUT2D eigenvalue weighted by Crippen LogP contribution is -2.26. The van der Waals surface area contributed by atoms with E-state index in [0.717, 1.165) is 37.7 Å². The molecule has 0 unspecified atom stereocenters. The summed E-state index contributed by atoms with van der Waals surface area (Å²) in [6.45, 7) is 6.55. The molecule has 1 saturated carbocycles. The van der Waals surface area contributed by atoms with E-state index in [1.165, 1.54) is 25.7 Å². The van der Waals surface area contributed by atoms with Crippen molar-refractivity contribution >= 4 is 11.8 Å². The molecule has 0 aliphatic heterocycles. The second-order valence-corrected chi connectivity index (χ2v) is 5.35. The lowest BCUT2D eigenvalue weighted by molar-refractivity contribution is 0.723. The van der Waals surface area contributed by atoms with Gasteiger partial charge in [-0.15, -0.1) is 0 Å².